The predicted molar refractivity (Wildman–Crippen MR) is 129 cm³/mol. The van der Waals surface area contributed by atoms with Crippen LogP contribution in [0.2, 0.25) is 0 Å². The van der Waals surface area contributed by atoms with Gasteiger partial charge in [0.1, 0.15) is 11.5 Å². The molecule has 5 nitrogen and oxygen atoms in total. The maximum absolute atomic E-state index is 12.9. The lowest BCUT2D eigenvalue weighted by Crippen LogP contribution is -2.15. The van der Waals surface area contributed by atoms with Crippen molar-refractivity contribution >= 4 is 22.9 Å². The van der Waals surface area contributed by atoms with Gasteiger partial charge in [0.25, 0.3) is 0 Å². The summed E-state index contributed by atoms with van der Waals surface area (Å²) in [5, 5.41) is 5.63. The first-order valence-electron chi connectivity index (χ1n) is 10.5. The molecular weight excluding hydrogens is 458 g/mol. The molecule has 1 N–H and O–H groups in total. The highest BCUT2D eigenvalue weighted by Gasteiger charge is 2.14. The number of ether oxygens (including phenoxy) is 2. The molecule has 174 valence electrons. The van der Waals surface area contributed by atoms with Gasteiger partial charge in [0.2, 0.25) is 5.91 Å². The van der Waals surface area contributed by atoms with Gasteiger partial charge >= 0.3 is 6.61 Å². The summed E-state index contributed by atoms with van der Waals surface area (Å²) < 4.78 is 35.7. The van der Waals surface area contributed by atoms with Gasteiger partial charge in [0.05, 0.1) is 24.2 Å². The van der Waals surface area contributed by atoms with E-state index in [1.807, 2.05) is 35.7 Å². The zero-order valence-electron chi connectivity index (χ0n) is 18.3. The summed E-state index contributed by atoms with van der Waals surface area (Å²) in [5.74, 6) is 0.405. The van der Waals surface area contributed by atoms with Crippen LogP contribution in [-0.2, 0) is 17.6 Å². The molecule has 0 radical (unpaired) electrons. The van der Waals surface area contributed by atoms with Crippen LogP contribution in [0.3, 0.4) is 0 Å². The monoisotopic (exact) mass is 480 g/mol. The second-order valence-corrected chi connectivity index (χ2v) is 8.38. The van der Waals surface area contributed by atoms with Crippen LogP contribution in [0.5, 0.6) is 11.5 Å². The number of hydrogen-bond donors (Lipinski definition) is 1. The molecule has 1 heterocycles. The molecule has 1 aromatic heterocycles. The molecule has 0 unspecified atom stereocenters. The summed E-state index contributed by atoms with van der Waals surface area (Å²) in [6.07, 6.45) is 0.822. The quantitative estimate of drug-likeness (QED) is 0.310. The summed E-state index contributed by atoms with van der Waals surface area (Å²) in [4.78, 5) is 17.2. The number of halogens is 2. The van der Waals surface area contributed by atoms with E-state index in [1.165, 1.54) is 23.5 Å². The van der Waals surface area contributed by atoms with Crippen LogP contribution in [0.15, 0.2) is 78.2 Å². The Balaban J connectivity index is 1.47. The van der Waals surface area contributed by atoms with Gasteiger partial charge < -0.3 is 14.8 Å². The number of hydrogen-bond acceptors (Lipinski definition) is 5. The normalized spacial score (nSPS) is 10.8. The molecule has 0 aliphatic rings. The number of carbonyl (C=O) groups is 1. The van der Waals surface area contributed by atoms with E-state index in [2.05, 4.69) is 15.0 Å². The third kappa shape index (κ3) is 6.17. The second kappa shape index (κ2) is 10.9. The largest absolute Gasteiger partial charge is 0.497 e. The molecule has 0 aliphatic carbocycles. The molecule has 4 aromatic rings. The number of alkyl halides is 2. The fourth-order valence-corrected chi connectivity index (χ4v) is 4.28. The standard InChI is InChI=1S/C26H22F2N2O3S/c1-32-21-10-7-18(8-11-21)22-14-19(9-12-23(22)33-26(27)28)29-24(31)15-20-16-34-25(30-20)13-17-5-3-2-4-6-17/h2-12,14,16,26H,13,15H2,1H3,(H,29,31). The van der Waals surface area contributed by atoms with Crippen LogP contribution in [0.1, 0.15) is 16.3 Å². The molecular formula is C26H22F2N2O3S. The van der Waals surface area contributed by atoms with Crippen LogP contribution >= 0.6 is 11.3 Å². The molecule has 0 aliphatic heterocycles. The minimum Gasteiger partial charge on any atom is -0.497 e. The summed E-state index contributed by atoms with van der Waals surface area (Å²) in [5.41, 5.74) is 3.39. The Morgan fingerprint density at radius 2 is 1.82 bits per heavy atom. The number of rotatable bonds is 9. The molecule has 0 saturated carbocycles. The number of nitrogens with one attached hydrogen (secondary N) is 1. The number of amides is 1. The van der Waals surface area contributed by atoms with E-state index in [4.69, 9.17) is 4.74 Å². The maximum Gasteiger partial charge on any atom is 0.387 e. The minimum atomic E-state index is -2.97. The van der Waals surface area contributed by atoms with Crippen LogP contribution in [-0.4, -0.2) is 24.6 Å². The van der Waals surface area contributed by atoms with E-state index in [9.17, 15) is 13.6 Å². The van der Waals surface area contributed by atoms with Gasteiger partial charge in [-0.25, -0.2) is 4.98 Å². The predicted octanol–water partition coefficient (Wildman–Crippen LogP) is 6.19. The van der Waals surface area contributed by atoms with Gasteiger partial charge in [-0.2, -0.15) is 8.78 Å². The number of nitrogens with zero attached hydrogens (tertiary/aromatic N) is 1. The van der Waals surface area contributed by atoms with Gasteiger partial charge in [-0.05, 0) is 41.5 Å². The Bertz CT molecular complexity index is 1240. The van der Waals surface area contributed by atoms with E-state index in [1.54, 1.807) is 37.4 Å². The van der Waals surface area contributed by atoms with E-state index < -0.39 is 6.61 Å². The minimum absolute atomic E-state index is 0.0169. The van der Waals surface area contributed by atoms with Crippen molar-refractivity contribution in [2.45, 2.75) is 19.5 Å². The topological polar surface area (TPSA) is 60.5 Å². The lowest BCUT2D eigenvalue weighted by Gasteiger charge is -2.14. The lowest BCUT2D eigenvalue weighted by molar-refractivity contribution is -0.115. The third-order valence-electron chi connectivity index (χ3n) is 5.02. The van der Waals surface area contributed by atoms with E-state index >= 15 is 0 Å². The highest BCUT2D eigenvalue weighted by Crippen LogP contribution is 2.34. The smallest absolute Gasteiger partial charge is 0.387 e. The van der Waals surface area contributed by atoms with Gasteiger partial charge in [0, 0.05) is 23.1 Å². The molecule has 0 fully saturated rings. The van der Waals surface area contributed by atoms with Gasteiger partial charge in [0.15, 0.2) is 0 Å². The molecule has 0 bridgehead atoms. The van der Waals surface area contributed by atoms with Crippen LogP contribution < -0.4 is 14.8 Å². The van der Waals surface area contributed by atoms with Crippen molar-refractivity contribution < 1.29 is 23.0 Å². The van der Waals surface area contributed by atoms with Crippen molar-refractivity contribution in [3.63, 3.8) is 0 Å². The number of anilines is 1. The number of methoxy groups -OCH3 is 1. The average Bonchev–Trinajstić information content (AvgIpc) is 3.26. The Labute approximate surface area is 200 Å². The van der Waals surface area contributed by atoms with Crippen molar-refractivity contribution in [2.75, 3.05) is 12.4 Å². The van der Waals surface area contributed by atoms with Crippen molar-refractivity contribution in [3.8, 4) is 22.6 Å². The molecule has 0 saturated heterocycles. The third-order valence-corrected chi connectivity index (χ3v) is 5.92. The number of benzene rings is 3. The number of carbonyl (C=O) groups excluding carboxylic acids is 1. The average molecular weight is 481 g/mol. The summed E-state index contributed by atoms with van der Waals surface area (Å²) in [7, 11) is 1.55. The van der Waals surface area contributed by atoms with Crippen LogP contribution in [0, 0.1) is 0 Å². The molecule has 0 atom stereocenters. The van der Waals surface area contributed by atoms with Crippen LogP contribution in [0.4, 0.5) is 14.5 Å². The zero-order valence-corrected chi connectivity index (χ0v) is 19.1. The fraction of sp³-hybridized carbons (Fsp3) is 0.154. The van der Waals surface area contributed by atoms with Gasteiger partial charge in [-0.1, -0.05) is 42.5 Å². The molecule has 0 spiro atoms. The molecule has 3 aromatic carbocycles. The van der Waals surface area contributed by atoms with Crippen molar-refractivity contribution in [2.24, 2.45) is 0 Å². The Hall–Kier alpha value is -3.78. The first kappa shape index (κ1) is 23.4. The summed E-state index contributed by atoms with van der Waals surface area (Å²) in [6.45, 7) is -2.97. The Morgan fingerprint density at radius 3 is 2.53 bits per heavy atom. The Morgan fingerprint density at radius 1 is 1.06 bits per heavy atom. The van der Waals surface area contributed by atoms with Crippen molar-refractivity contribution in [3.05, 3.63) is 94.4 Å². The van der Waals surface area contributed by atoms with E-state index in [0.29, 0.717) is 34.7 Å². The molecule has 8 heteroatoms. The first-order valence-corrected chi connectivity index (χ1v) is 11.4. The maximum atomic E-state index is 12.9. The second-order valence-electron chi connectivity index (χ2n) is 7.44. The highest BCUT2D eigenvalue weighted by molar-refractivity contribution is 7.09. The van der Waals surface area contributed by atoms with Gasteiger partial charge in [-0.3, -0.25) is 4.79 Å². The first-order chi connectivity index (χ1) is 16.5. The highest BCUT2D eigenvalue weighted by atomic mass is 32.1. The molecule has 34 heavy (non-hydrogen) atoms. The van der Waals surface area contributed by atoms with Crippen LogP contribution in [0.25, 0.3) is 11.1 Å². The Kier molecular flexibility index (Phi) is 7.49. The van der Waals surface area contributed by atoms with Crippen molar-refractivity contribution in [1.29, 1.82) is 0 Å². The number of aromatic nitrogens is 1. The summed E-state index contributed by atoms with van der Waals surface area (Å²) in [6, 6.07) is 21.5. The zero-order chi connectivity index (χ0) is 23.9. The fourth-order valence-electron chi connectivity index (χ4n) is 3.45. The lowest BCUT2D eigenvalue weighted by atomic mass is 10.0. The SMILES string of the molecule is COc1ccc(-c2cc(NC(=O)Cc3csc(Cc4ccccc4)n3)ccc2OC(F)F)cc1. The van der Waals surface area contributed by atoms with E-state index in [0.717, 1.165) is 10.6 Å². The molecule has 1 amide bonds. The molecule has 4 rings (SSSR count). The van der Waals surface area contributed by atoms with E-state index in [-0.39, 0.29) is 18.1 Å². The van der Waals surface area contributed by atoms with Crippen molar-refractivity contribution in [1.82, 2.24) is 4.98 Å². The summed E-state index contributed by atoms with van der Waals surface area (Å²) >= 11 is 1.51. The number of thiazole rings is 1. The van der Waals surface area contributed by atoms with Gasteiger partial charge in [-0.15, -0.1) is 11.3 Å².